The molecule has 16 rings (SSSR count). The van der Waals surface area contributed by atoms with Gasteiger partial charge in [0.2, 0.25) is 0 Å². The van der Waals surface area contributed by atoms with Gasteiger partial charge in [0.05, 0.1) is 67.1 Å². The molecule has 0 saturated heterocycles. The lowest BCUT2D eigenvalue weighted by Crippen LogP contribution is -2.61. The molecule has 0 bridgehead atoms. The van der Waals surface area contributed by atoms with Gasteiger partial charge in [0.1, 0.15) is 0 Å². The minimum absolute atomic E-state index is 0.111. The summed E-state index contributed by atoms with van der Waals surface area (Å²) in [6.07, 6.45) is 0. The van der Waals surface area contributed by atoms with Gasteiger partial charge in [-0.25, -0.2) is 0 Å². The molecule has 0 aliphatic carbocycles. The van der Waals surface area contributed by atoms with Crippen molar-refractivity contribution in [3.8, 4) is 22.7 Å². The highest BCUT2D eigenvalue weighted by atomic mass is 15.2. The van der Waals surface area contributed by atoms with Crippen LogP contribution in [0.25, 0.3) is 110 Å². The zero-order valence-corrected chi connectivity index (χ0v) is 68.2. The van der Waals surface area contributed by atoms with Crippen molar-refractivity contribution in [1.29, 1.82) is 0 Å². The molecule has 0 atom stereocenters. The third-order valence-corrected chi connectivity index (χ3v) is 24.2. The number of rotatable bonds is 3. The SMILES string of the molecule is Cc1cc(C(C)(C)C)cc2c1N(C)c1c3c(c(-n4c5ccc(C(C)(C)C)cc5c5cc(C(C)(C)C)ccc54)c(-n4c5ccc(C(C)(C)C)cc5c5cc(C(C)(C)C)ccc54)c1-n1c4ccc(C(C)(C)C)cc4c4cc(C(C)(C)C)ccc41)-n1c4ccc(C(C)(C)C)cc4c4cc(C(C)(C)C)cc(c41)B23. The molecular formula is C98H112BN5. The highest BCUT2D eigenvalue weighted by Gasteiger charge is 2.48. The molecule has 0 radical (unpaired) electrons. The third kappa shape index (κ3) is 10.4. The molecule has 2 aliphatic heterocycles. The Balaban J connectivity index is 1.29. The molecular weight excluding hydrogens is 1260 g/mol. The Morgan fingerprint density at radius 1 is 0.221 bits per heavy atom. The van der Waals surface area contributed by atoms with Gasteiger partial charge in [0, 0.05) is 61.3 Å². The van der Waals surface area contributed by atoms with Gasteiger partial charge in [0.15, 0.2) is 0 Å². The number of benzene rings is 10. The van der Waals surface area contributed by atoms with Crippen LogP contribution in [0.5, 0.6) is 0 Å². The van der Waals surface area contributed by atoms with Crippen LogP contribution in [0.15, 0.2) is 152 Å². The van der Waals surface area contributed by atoms with Crippen LogP contribution in [0.2, 0.25) is 0 Å². The van der Waals surface area contributed by atoms with Gasteiger partial charge in [-0.15, -0.1) is 0 Å². The first kappa shape index (κ1) is 69.6. The van der Waals surface area contributed by atoms with Gasteiger partial charge in [-0.05, 0) is 219 Å². The lowest BCUT2D eigenvalue weighted by molar-refractivity contribution is 0.590. The van der Waals surface area contributed by atoms with E-state index in [0.717, 1.165) is 17.1 Å². The zero-order valence-electron chi connectivity index (χ0n) is 68.2. The Morgan fingerprint density at radius 2 is 0.452 bits per heavy atom. The number of aromatic nitrogens is 4. The standard InChI is InChI=1S/C98H112BN5/c1-55-44-63(97(23,24)25)53-73-83(55)100(29)85-82-86(104-81-43-36-62(96(20,21)22)51-71(81)72-52-64(98(26,27)28)54-74(84(72)104)99(73)82)88(102-77-39-32-58(92(8,9)10)47-67(77)68-48-59(93(11,12)13)33-40-78(68)102)89(103-79-41-34-60(94(14,15)16)49-69(79)70-50-61(95(17,18)19)35-42-80(70)103)87(85)101-75-37-30-56(90(2,3)4)45-65(75)66-46-57(91(5,6)7)31-38-76(66)101/h30-54H,1-29H3. The second kappa shape index (κ2) is 22.0. The molecule has 10 aromatic carbocycles. The molecule has 0 amide bonds. The number of anilines is 2. The van der Waals surface area contributed by atoms with Crippen LogP contribution >= 0.6 is 0 Å². The van der Waals surface area contributed by atoms with E-state index in [1.807, 2.05) is 0 Å². The van der Waals surface area contributed by atoms with E-state index >= 15 is 0 Å². The van der Waals surface area contributed by atoms with Gasteiger partial charge in [-0.1, -0.05) is 248 Å². The van der Waals surface area contributed by atoms with E-state index in [1.54, 1.807) is 0 Å². The first-order valence-corrected chi connectivity index (χ1v) is 38.7. The van der Waals surface area contributed by atoms with Crippen LogP contribution in [0, 0.1) is 6.92 Å². The average Bonchev–Trinajstić information content (AvgIpc) is 1.30. The van der Waals surface area contributed by atoms with Gasteiger partial charge < -0.3 is 23.2 Å². The van der Waals surface area contributed by atoms with Crippen molar-refractivity contribution in [3.63, 3.8) is 0 Å². The molecule has 0 fully saturated rings. The fourth-order valence-electron chi connectivity index (χ4n) is 17.8. The first-order valence-electron chi connectivity index (χ1n) is 38.7. The van der Waals surface area contributed by atoms with Gasteiger partial charge in [0.25, 0.3) is 6.71 Å². The van der Waals surface area contributed by atoms with Crippen molar-refractivity contribution in [3.05, 3.63) is 207 Å². The summed E-state index contributed by atoms with van der Waals surface area (Å²) < 4.78 is 11.2. The van der Waals surface area contributed by atoms with E-state index in [2.05, 4.69) is 376 Å². The molecule has 0 saturated carbocycles. The van der Waals surface area contributed by atoms with E-state index in [1.165, 1.54) is 176 Å². The predicted octanol–water partition coefficient (Wildman–Crippen LogP) is 25.0. The van der Waals surface area contributed by atoms with Gasteiger partial charge in [-0.2, -0.15) is 0 Å². The minimum Gasteiger partial charge on any atom is -0.343 e. The van der Waals surface area contributed by atoms with Crippen molar-refractivity contribution in [2.45, 2.75) is 243 Å². The Morgan fingerprint density at radius 3 is 0.740 bits per heavy atom. The first-order chi connectivity index (χ1) is 48.1. The third-order valence-electron chi connectivity index (χ3n) is 24.2. The molecule has 2 aliphatic rings. The van der Waals surface area contributed by atoms with Crippen molar-refractivity contribution in [2.75, 3.05) is 11.9 Å². The normalized spacial score (nSPS) is 14.4. The summed E-state index contributed by atoms with van der Waals surface area (Å²) in [7, 11) is 2.43. The number of nitrogens with zero attached hydrogens (tertiary/aromatic N) is 5. The Kier molecular flexibility index (Phi) is 14.7. The van der Waals surface area contributed by atoms with Crippen molar-refractivity contribution in [1.82, 2.24) is 18.3 Å². The number of hydrogen-bond donors (Lipinski definition) is 0. The fourth-order valence-corrected chi connectivity index (χ4v) is 17.8. The summed E-state index contributed by atoms with van der Waals surface area (Å²) in [6.45, 7) is 66.6. The Labute approximate surface area is 620 Å². The van der Waals surface area contributed by atoms with Gasteiger partial charge >= 0.3 is 0 Å². The predicted molar refractivity (Wildman–Crippen MR) is 456 cm³/mol. The lowest BCUT2D eigenvalue weighted by atomic mass is 9.33. The average molecular weight is 1370 g/mol. The van der Waals surface area contributed by atoms with Crippen LogP contribution in [0.4, 0.5) is 11.4 Å². The van der Waals surface area contributed by atoms with Crippen LogP contribution in [-0.2, 0) is 48.7 Å². The summed E-state index contributed by atoms with van der Waals surface area (Å²) in [6, 6.07) is 63.0. The summed E-state index contributed by atoms with van der Waals surface area (Å²) in [5.41, 5.74) is 32.9. The fraction of sp³-hybridized carbons (Fsp3) is 0.388. The summed E-state index contributed by atoms with van der Waals surface area (Å²) in [5.74, 6) is 0. The molecule has 532 valence electrons. The van der Waals surface area contributed by atoms with Crippen LogP contribution in [-0.4, -0.2) is 32.0 Å². The van der Waals surface area contributed by atoms with Crippen molar-refractivity contribution < 1.29 is 0 Å². The quantitative estimate of drug-likeness (QED) is 0.162. The van der Waals surface area contributed by atoms with Crippen LogP contribution < -0.4 is 21.3 Å². The lowest BCUT2D eigenvalue weighted by Gasteiger charge is -2.43. The maximum atomic E-state index is 2.82. The molecule has 5 nitrogen and oxygen atoms in total. The number of hydrogen-bond acceptors (Lipinski definition) is 1. The van der Waals surface area contributed by atoms with Crippen LogP contribution in [0.1, 0.15) is 243 Å². The summed E-state index contributed by atoms with van der Waals surface area (Å²) >= 11 is 0. The number of fused-ring (bicyclic) bond motifs is 16. The topological polar surface area (TPSA) is 23.0 Å². The molecule has 14 aromatic rings. The van der Waals surface area contributed by atoms with E-state index < -0.39 is 0 Å². The minimum atomic E-state index is -0.217. The molecule has 0 spiro atoms. The zero-order chi connectivity index (χ0) is 74.8. The smallest absolute Gasteiger partial charge is 0.252 e. The van der Waals surface area contributed by atoms with Crippen molar-refractivity contribution >= 4 is 122 Å². The highest BCUT2D eigenvalue weighted by molar-refractivity contribution is 7.00. The van der Waals surface area contributed by atoms with E-state index in [0.29, 0.717) is 0 Å². The monoisotopic (exact) mass is 1370 g/mol. The van der Waals surface area contributed by atoms with Gasteiger partial charge in [-0.3, -0.25) is 0 Å². The molecule has 6 heteroatoms. The van der Waals surface area contributed by atoms with E-state index in [9.17, 15) is 0 Å². The maximum absolute atomic E-state index is 2.82. The molecule has 104 heavy (non-hydrogen) atoms. The molecule has 4 aromatic heterocycles. The highest BCUT2D eigenvalue weighted by Crippen LogP contribution is 2.54. The maximum Gasteiger partial charge on any atom is 0.252 e. The molecule has 0 N–H and O–H groups in total. The second-order valence-electron chi connectivity index (χ2n) is 41.1. The summed E-state index contributed by atoms with van der Waals surface area (Å²) in [4.78, 5) is 2.69. The van der Waals surface area contributed by atoms with Crippen LogP contribution in [0.3, 0.4) is 0 Å². The number of aryl methyl sites for hydroxylation is 1. The largest absolute Gasteiger partial charge is 0.343 e. The second-order valence-corrected chi connectivity index (χ2v) is 41.1. The van der Waals surface area contributed by atoms with E-state index in [4.69, 9.17) is 0 Å². The Hall–Kier alpha value is -8.74. The van der Waals surface area contributed by atoms with Crippen molar-refractivity contribution in [2.24, 2.45) is 0 Å². The molecule has 6 heterocycles. The Bertz CT molecular complexity index is 5840. The molecule has 0 unspecified atom stereocenters. The van der Waals surface area contributed by atoms with E-state index in [-0.39, 0.29) is 55.4 Å². The summed E-state index contributed by atoms with van der Waals surface area (Å²) in [5, 5.41) is 10.2.